The minimum absolute atomic E-state index is 0.232. The van der Waals surface area contributed by atoms with E-state index >= 15 is 0 Å². The molecule has 0 bridgehead atoms. The van der Waals surface area contributed by atoms with E-state index in [1.165, 1.54) is 4.90 Å². The van der Waals surface area contributed by atoms with Crippen LogP contribution in [-0.4, -0.2) is 28.9 Å². The van der Waals surface area contributed by atoms with Crippen LogP contribution in [0.4, 0.5) is 5.82 Å². The number of hydrogen-bond donors (Lipinski definition) is 1. The van der Waals surface area contributed by atoms with E-state index in [1.54, 1.807) is 20.0 Å². The van der Waals surface area contributed by atoms with Crippen molar-refractivity contribution in [1.29, 1.82) is 0 Å². The molecule has 21 heavy (non-hydrogen) atoms. The molecule has 1 aromatic carbocycles. The third kappa shape index (κ3) is 3.68. The molecule has 0 fully saturated rings. The van der Waals surface area contributed by atoms with Gasteiger partial charge in [0.1, 0.15) is 5.76 Å². The first-order valence-electron chi connectivity index (χ1n) is 6.51. The zero-order valence-corrected chi connectivity index (χ0v) is 12.2. The molecule has 2 aromatic rings. The van der Waals surface area contributed by atoms with E-state index in [2.05, 4.69) is 10.5 Å². The number of aromatic nitrogens is 1. The number of amides is 2. The third-order valence-corrected chi connectivity index (χ3v) is 3.08. The van der Waals surface area contributed by atoms with Crippen molar-refractivity contribution in [3.8, 4) is 0 Å². The molecule has 0 atom stereocenters. The molecule has 1 N–H and O–H groups in total. The van der Waals surface area contributed by atoms with Crippen LogP contribution >= 0.6 is 0 Å². The van der Waals surface area contributed by atoms with Gasteiger partial charge in [-0.15, -0.1) is 0 Å². The summed E-state index contributed by atoms with van der Waals surface area (Å²) in [7, 11) is 1.59. The van der Waals surface area contributed by atoms with E-state index in [0.717, 1.165) is 11.1 Å². The maximum Gasteiger partial charge on any atom is 0.315 e. The highest BCUT2D eigenvalue weighted by molar-refractivity contribution is 6.39. The molecular weight excluding hydrogens is 270 g/mol. The minimum Gasteiger partial charge on any atom is -0.360 e. The van der Waals surface area contributed by atoms with Crippen LogP contribution in [0, 0.1) is 13.8 Å². The third-order valence-electron chi connectivity index (χ3n) is 3.08. The predicted molar refractivity (Wildman–Crippen MR) is 77.5 cm³/mol. The molecule has 0 saturated carbocycles. The average Bonchev–Trinajstić information content (AvgIpc) is 2.85. The molecular formula is C15H17N3O3. The van der Waals surface area contributed by atoms with Crippen LogP contribution in [0.5, 0.6) is 0 Å². The van der Waals surface area contributed by atoms with Gasteiger partial charge in [-0.3, -0.25) is 14.9 Å². The maximum absolute atomic E-state index is 12.0. The van der Waals surface area contributed by atoms with Crippen LogP contribution in [0.25, 0.3) is 0 Å². The molecule has 110 valence electrons. The predicted octanol–water partition coefficient (Wildman–Crippen LogP) is 1.89. The van der Waals surface area contributed by atoms with Gasteiger partial charge in [-0.1, -0.05) is 29.4 Å². The molecule has 0 spiro atoms. The van der Waals surface area contributed by atoms with Crippen molar-refractivity contribution in [1.82, 2.24) is 10.1 Å². The highest BCUT2D eigenvalue weighted by atomic mass is 16.5. The largest absolute Gasteiger partial charge is 0.360 e. The second-order valence-corrected chi connectivity index (χ2v) is 4.86. The summed E-state index contributed by atoms with van der Waals surface area (Å²) < 4.78 is 4.83. The molecule has 0 radical (unpaired) electrons. The Hall–Kier alpha value is -2.63. The second kappa shape index (κ2) is 6.21. The number of anilines is 1. The van der Waals surface area contributed by atoms with E-state index < -0.39 is 11.8 Å². The summed E-state index contributed by atoms with van der Waals surface area (Å²) in [5.41, 5.74) is 2.07. The first kappa shape index (κ1) is 14.8. The Morgan fingerprint density at radius 1 is 1.29 bits per heavy atom. The maximum atomic E-state index is 12.0. The highest BCUT2D eigenvalue weighted by Gasteiger charge is 2.20. The molecule has 6 heteroatoms. The van der Waals surface area contributed by atoms with E-state index in [-0.39, 0.29) is 5.82 Å². The van der Waals surface area contributed by atoms with Crippen LogP contribution in [0.2, 0.25) is 0 Å². The lowest BCUT2D eigenvalue weighted by Gasteiger charge is -2.17. The molecule has 1 heterocycles. The number of rotatable bonds is 3. The lowest BCUT2D eigenvalue weighted by atomic mass is 10.1. The molecule has 2 amide bonds. The number of carbonyl (C=O) groups is 2. The van der Waals surface area contributed by atoms with Gasteiger partial charge in [0.05, 0.1) is 0 Å². The van der Waals surface area contributed by atoms with Gasteiger partial charge in [-0.2, -0.15) is 0 Å². The molecule has 0 aliphatic rings. The topological polar surface area (TPSA) is 75.4 Å². The molecule has 1 aromatic heterocycles. The van der Waals surface area contributed by atoms with Crippen molar-refractivity contribution in [3.63, 3.8) is 0 Å². The first-order chi connectivity index (χ1) is 9.97. The van der Waals surface area contributed by atoms with E-state index in [1.807, 2.05) is 31.2 Å². The smallest absolute Gasteiger partial charge is 0.315 e. The summed E-state index contributed by atoms with van der Waals surface area (Å²) in [5, 5.41) is 6.03. The Balaban J connectivity index is 1.99. The van der Waals surface area contributed by atoms with Gasteiger partial charge in [0.15, 0.2) is 5.82 Å². The lowest BCUT2D eigenvalue weighted by molar-refractivity contribution is -0.142. The van der Waals surface area contributed by atoms with Crippen LogP contribution in [0.15, 0.2) is 34.9 Å². The summed E-state index contributed by atoms with van der Waals surface area (Å²) in [5.74, 6) is -0.570. The fourth-order valence-corrected chi connectivity index (χ4v) is 1.88. The lowest BCUT2D eigenvalue weighted by Crippen LogP contribution is -2.36. The molecule has 0 saturated heterocycles. The average molecular weight is 287 g/mol. The zero-order chi connectivity index (χ0) is 15.4. The quantitative estimate of drug-likeness (QED) is 0.875. The number of nitrogens with zero attached hydrogens (tertiary/aromatic N) is 2. The number of likely N-dealkylation sites (N-methyl/N-ethyl adjacent to an activating group) is 1. The molecule has 6 nitrogen and oxygen atoms in total. The van der Waals surface area contributed by atoms with Crippen LogP contribution < -0.4 is 5.32 Å². The van der Waals surface area contributed by atoms with E-state index in [0.29, 0.717) is 12.3 Å². The summed E-state index contributed by atoms with van der Waals surface area (Å²) in [4.78, 5) is 25.2. The summed E-state index contributed by atoms with van der Waals surface area (Å²) >= 11 is 0. The molecule has 2 rings (SSSR count). The molecule has 0 unspecified atom stereocenters. The Morgan fingerprint density at radius 2 is 2.00 bits per heavy atom. The Bertz CT molecular complexity index is 664. The van der Waals surface area contributed by atoms with Gasteiger partial charge < -0.3 is 9.42 Å². The van der Waals surface area contributed by atoms with Crippen LogP contribution in [0.3, 0.4) is 0 Å². The summed E-state index contributed by atoms with van der Waals surface area (Å²) in [6.45, 7) is 4.04. The van der Waals surface area contributed by atoms with Crippen LogP contribution in [0.1, 0.15) is 16.9 Å². The zero-order valence-electron chi connectivity index (χ0n) is 12.2. The van der Waals surface area contributed by atoms with Gasteiger partial charge in [0.25, 0.3) is 0 Å². The number of benzene rings is 1. The Kier molecular flexibility index (Phi) is 4.37. The van der Waals surface area contributed by atoms with Gasteiger partial charge in [-0.25, -0.2) is 0 Å². The normalized spacial score (nSPS) is 10.2. The van der Waals surface area contributed by atoms with Gasteiger partial charge in [0, 0.05) is 19.7 Å². The fourth-order valence-electron chi connectivity index (χ4n) is 1.88. The summed E-state index contributed by atoms with van der Waals surface area (Å²) in [6.07, 6.45) is 0. The van der Waals surface area contributed by atoms with Gasteiger partial charge >= 0.3 is 11.8 Å². The van der Waals surface area contributed by atoms with Crippen molar-refractivity contribution in [2.45, 2.75) is 20.4 Å². The van der Waals surface area contributed by atoms with Crippen molar-refractivity contribution >= 4 is 17.6 Å². The fraction of sp³-hybridized carbons (Fsp3) is 0.267. The van der Waals surface area contributed by atoms with Crippen molar-refractivity contribution in [2.24, 2.45) is 0 Å². The van der Waals surface area contributed by atoms with E-state index in [4.69, 9.17) is 4.52 Å². The number of nitrogens with one attached hydrogen (secondary N) is 1. The van der Waals surface area contributed by atoms with Gasteiger partial charge in [0.2, 0.25) is 0 Å². The Morgan fingerprint density at radius 3 is 2.62 bits per heavy atom. The Labute approximate surface area is 122 Å². The van der Waals surface area contributed by atoms with Gasteiger partial charge in [-0.05, 0) is 25.0 Å². The SMILES string of the molecule is Cc1cc(NC(=O)C(=O)N(C)Cc2ccccc2C)no1. The summed E-state index contributed by atoms with van der Waals surface area (Å²) in [6, 6.07) is 9.27. The first-order valence-corrected chi connectivity index (χ1v) is 6.51. The van der Waals surface area contributed by atoms with Crippen molar-refractivity contribution in [2.75, 3.05) is 12.4 Å². The number of carbonyl (C=O) groups excluding carboxylic acids is 2. The second-order valence-electron chi connectivity index (χ2n) is 4.86. The molecule has 0 aliphatic heterocycles. The van der Waals surface area contributed by atoms with Crippen molar-refractivity contribution < 1.29 is 14.1 Å². The van der Waals surface area contributed by atoms with Crippen molar-refractivity contribution in [3.05, 3.63) is 47.2 Å². The highest BCUT2D eigenvalue weighted by Crippen LogP contribution is 2.11. The standard InChI is InChI=1S/C15H17N3O3/c1-10-6-4-5-7-12(10)9-18(3)15(20)14(19)16-13-8-11(2)21-17-13/h4-8H,9H2,1-3H3,(H,16,17,19). The monoisotopic (exact) mass is 287 g/mol. The number of aryl methyl sites for hydroxylation is 2. The van der Waals surface area contributed by atoms with Crippen LogP contribution in [-0.2, 0) is 16.1 Å². The van der Waals surface area contributed by atoms with E-state index in [9.17, 15) is 9.59 Å². The number of hydrogen-bond acceptors (Lipinski definition) is 4. The minimum atomic E-state index is -0.737. The molecule has 0 aliphatic carbocycles.